The predicted octanol–water partition coefficient (Wildman–Crippen LogP) is 3.74. The molecule has 0 amide bonds. The van der Waals surface area contributed by atoms with Crippen LogP contribution in [0.5, 0.6) is 0 Å². The molecule has 2 atom stereocenters. The minimum atomic E-state index is 0.741. The first-order valence-corrected chi connectivity index (χ1v) is 8.06. The molecule has 4 aliphatic rings. The van der Waals surface area contributed by atoms with Gasteiger partial charge in [-0.3, -0.25) is 0 Å². The van der Waals surface area contributed by atoms with Crippen molar-refractivity contribution < 1.29 is 0 Å². The Morgan fingerprint density at radius 1 is 0.941 bits per heavy atom. The summed E-state index contributed by atoms with van der Waals surface area (Å²) in [5.74, 6) is 3.39. The lowest BCUT2D eigenvalue weighted by Crippen LogP contribution is -2.36. The van der Waals surface area contributed by atoms with E-state index in [0.29, 0.717) is 0 Å². The Hall–Kier alpha value is -0.0400. The molecule has 0 spiro atoms. The number of nitrogens with one attached hydrogen (secondary N) is 1. The van der Waals surface area contributed by atoms with Crippen LogP contribution in [0.15, 0.2) is 0 Å². The molecule has 1 nitrogen and oxygen atoms in total. The van der Waals surface area contributed by atoms with Crippen molar-refractivity contribution in [3.8, 4) is 0 Å². The van der Waals surface area contributed by atoms with Crippen LogP contribution in [0.1, 0.15) is 64.2 Å². The van der Waals surface area contributed by atoms with Crippen molar-refractivity contribution in [2.24, 2.45) is 23.2 Å². The SMILES string of the molecule is C1CCC(CC2(CNC3CC3)CC3CC3C2)C1. The summed E-state index contributed by atoms with van der Waals surface area (Å²) >= 11 is 0. The quantitative estimate of drug-likeness (QED) is 0.763. The molecule has 0 saturated heterocycles. The van der Waals surface area contributed by atoms with E-state index in [0.717, 1.165) is 29.2 Å². The van der Waals surface area contributed by atoms with Crippen molar-refractivity contribution in [1.29, 1.82) is 0 Å². The standard InChI is InChI=1S/C16H27N/c1-2-4-12(3-1)8-16(11-17-15-5-6-15)9-13-7-14(13)10-16/h12-15,17H,1-11H2. The van der Waals surface area contributed by atoms with Gasteiger partial charge in [0.1, 0.15) is 0 Å². The zero-order valence-electron chi connectivity index (χ0n) is 11.1. The van der Waals surface area contributed by atoms with Crippen LogP contribution in [0.25, 0.3) is 0 Å². The monoisotopic (exact) mass is 233 g/mol. The normalized spacial score (nSPS) is 45.2. The first-order valence-electron chi connectivity index (χ1n) is 8.06. The molecule has 4 fully saturated rings. The summed E-state index contributed by atoms with van der Waals surface area (Å²) in [5, 5.41) is 3.85. The maximum Gasteiger partial charge on any atom is 0.00684 e. The molecule has 0 bridgehead atoms. The topological polar surface area (TPSA) is 12.0 Å². The summed E-state index contributed by atoms with van der Waals surface area (Å²) in [4.78, 5) is 0. The van der Waals surface area contributed by atoms with Gasteiger partial charge < -0.3 is 5.32 Å². The van der Waals surface area contributed by atoms with Crippen LogP contribution in [-0.4, -0.2) is 12.6 Å². The number of hydrogen-bond donors (Lipinski definition) is 1. The van der Waals surface area contributed by atoms with Gasteiger partial charge in [0, 0.05) is 12.6 Å². The molecule has 4 saturated carbocycles. The average Bonchev–Trinajstić information content (AvgIpc) is 3.20. The first kappa shape index (κ1) is 10.8. The summed E-state index contributed by atoms with van der Waals surface area (Å²) in [6, 6.07) is 0.910. The van der Waals surface area contributed by atoms with Crippen molar-refractivity contribution in [1.82, 2.24) is 5.32 Å². The smallest absolute Gasteiger partial charge is 0.00684 e. The summed E-state index contributed by atoms with van der Waals surface area (Å²) in [6.45, 7) is 1.36. The zero-order valence-corrected chi connectivity index (χ0v) is 11.1. The van der Waals surface area contributed by atoms with E-state index in [2.05, 4.69) is 5.32 Å². The Bertz CT molecular complexity index is 278. The molecular formula is C16H27N. The lowest BCUT2D eigenvalue weighted by atomic mass is 9.75. The molecule has 1 heteroatoms. The van der Waals surface area contributed by atoms with Crippen LogP contribution in [0.2, 0.25) is 0 Å². The summed E-state index contributed by atoms with van der Waals surface area (Å²) in [6.07, 6.45) is 15.3. The second-order valence-electron chi connectivity index (χ2n) is 7.67. The molecule has 17 heavy (non-hydrogen) atoms. The van der Waals surface area contributed by atoms with Gasteiger partial charge in [-0.15, -0.1) is 0 Å². The van der Waals surface area contributed by atoms with Crippen LogP contribution in [0.3, 0.4) is 0 Å². The number of fused-ring (bicyclic) bond motifs is 1. The third-order valence-corrected chi connectivity index (χ3v) is 6.00. The van der Waals surface area contributed by atoms with E-state index < -0.39 is 0 Å². The molecule has 0 aromatic heterocycles. The number of hydrogen-bond acceptors (Lipinski definition) is 1. The van der Waals surface area contributed by atoms with Crippen molar-refractivity contribution in [3.63, 3.8) is 0 Å². The number of rotatable bonds is 5. The summed E-state index contributed by atoms with van der Waals surface area (Å²) < 4.78 is 0. The lowest BCUT2D eigenvalue weighted by molar-refractivity contribution is 0.189. The highest BCUT2D eigenvalue weighted by Gasteiger charge is 2.54. The van der Waals surface area contributed by atoms with E-state index >= 15 is 0 Å². The van der Waals surface area contributed by atoms with Crippen LogP contribution in [-0.2, 0) is 0 Å². The van der Waals surface area contributed by atoms with Gasteiger partial charge >= 0.3 is 0 Å². The van der Waals surface area contributed by atoms with E-state index in [9.17, 15) is 0 Å². The summed E-state index contributed by atoms with van der Waals surface area (Å²) in [5.41, 5.74) is 0.741. The molecule has 2 unspecified atom stereocenters. The highest BCUT2D eigenvalue weighted by molar-refractivity contribution is 5.05. The summed E-state index contributed by atoms with van der Waals surface area (Å²) in [7, 11) is 0. The van der Waals surface area contributed by atoms with Crippen molar-refractivity contribution >= 4 is 0 Å². The maximum absolute atomic E-state index is 3.85. The Labute approximate surface area is 106 Å². The van der Waals surface area contributed by atoms with Crippen LogP contribution >= 0.6 is 0 Å². The van der Waals surface area contributed by atoms with Crippen molar-refractivity contribution in [3.05, 3.63) is 0 Å². The highest BCUT2D eigenvalue weighted by atomic mass is 15.0. The first-order chi connectivity index (χ1) is 8.33. The molecule has 0 aromatic rings. The fourth-order valence-electron chi connectivity index (χ4n) is 4.86. The van der Waals surface area contributed by atoms with E-state index in [1.165, 1.54) is 32.2 Å². The Morgan fingerprint density at radius 2 is 1.65 bits per heavy atom. The van der Waals surface area contributed by atoms with Gasteiger partial charge in [0.05, 0.1) is 0 Å². The van der Waals surface area contributed by atoms with Gasteiger partial charge in [-0.1, -0.05) is 25.7 Å². The van der Waals surface area contributed by atoms with Gasteiger partial charge in [-0.2, -0.15) is 0 Å². The molecule has 4 rings (SSSR count). The van der Waals surface area contributed by atoms with E-state index in [1.54, 1.807) is 38.5 Å². The van der Waals surface area contributed by atoms with Crippen LogP contribution < -0.4 is 5.32 Å². The minimum absolute atomic E-state index is 0.741. The van der Waals surface area contributed by atoms with E-state index in [1.807, 2.05) is 0 Å². The maximum atomic E-state index is 3.85. The fraction of sp³-hybridized carbons (Fsp3) is 1.00. The Morgan fingerprint density at radius 3 is 2.29 bits per heavy atom. The van der Waals surface area contributed by atoms with Crippen LogP contribution in [0.4, 0.5) is 0 Å². The van der Waals surface area contributed by atoms with Gasteiger partial charge in [0.2, 0.25) is 0 Å². The average molecular weight is 233 g/mol. The third kappa shape index (κ3) is 2.28. The molecule has 1 N–H and O–H groups in total. The predicted molar refractivity (Wildman–Crippen MR) is 70.9 cm³/mol. The molecule has 4 aliphatic carbocycles. The van der Waals surface area contributed by atoms with Gasteiger partial charge in [0.15, 0.2) is 0 Å². The molecular weight excluding hydrogens is 206 g/mol. The molecule has 0 aliphatic heterocycles. The minimum Gasteiger partial charge on any atom is -0.313 e. The largest absolute Gasteiger partial charge is 0.313 e. The highest BCUT2D eigenvalue weighted by Crippen LogP contribution is 2.62. The zero-order chi connectivity index (χ0) is 11.3. The van der Waals surface area contributed by atoms with Crippen LogP contribution in [0, 0.1) is 23.2 Å². The van der Waals surface area contributed by atoms with Crippen molar-refractivity contribution in [2.45, 2.75) is 70.3 Å². The molecule has 0 radical (unpaired) electrons. The van der Waals surface area contributed by atoms with Crippen molar-refractivity contribution in [2.75, 3.05) is 6.54 Å². The Kier molecular flexibility index (Phi) is 2.54. The Balaban J connectivity index is 1.39. The van der Waals surface area contributed by atoms with Gasteiger partial charge in [-0.25, -0.2) is 0 Å². The van der Waals surface area contributed by atoms with E-state index in [4.69, 9.17) is 0 Å². The second kappa shape index (κ2) is 3.98. The lowest BCUT2D eigenvalue weighted by Gasteiger charge is -2.34. The second-order valence-corrected chi connectivity index (χ2v) is 7.67. The molecule has 96 valence electrons. The molecule has 0 aromatic carbocycles. The van der Waals surface area contributed by atoms with Gasteiger partial charge in [-0.05, 0) is 61.7 Å². The third-order valence-electron chi connectivity index (χ3n) is 6.00. The fourth-order valence-corrected chi connectivity index (χ4v) is 4.86. The van der Waals surface area contributed by atoms with Gasteiger partial charge in [0.25, 0.3) is 0 Å². The van der Waals surface area contributed by atoms with E-state index in [-0.39, 0.29) is 0 Å². The molecule has 0 heterocycles.